The fourth-order valence-corrected chi connectivity index (χ4v) is 4.47. The fourth-order valence-electron chi connectivity index (χ4n) is 4.47. The van der Waals surface area contributed by atoms with Gasteiger partial charge in [0.05, 0.1) is 42.3 Å². The van der Waals surface area contributed by atoms with Crippen molar-refractivity contribution < 1.29 is 9.21 Å². The molecular weight excluding hydrogens is 406 g/mol. The van der Waals surface area contributed by atoms with Crippen LogP contribution in [0.5, 0.6) is 0 Å². The number of carbonyl (C=O) groups is 1. The number of benzene rings is 1. The van der Waals surface area contributed by atoms with Crippen LogP contribution in [0.15, 0.2) is 58.2 Å². The van der Waals surface area contributed by atoms with Crippen LogP contribution in [-0.2, 0) is 44.3 Å². The van der Waals surface area contributed by atoms with Crippen molar-refractivity contribution in [3.63, 3.8) is 0 Å². The van der Waals surface area contributed by atoms with Gasteiger partial charge in [0, 0.05) is 25.7 Å². The van der Waals surface area contributed by atoms with Gasteiger partial charge in [-0.1, -0.05) is 12.1 Å². The maximum absolute atomic E-state index is 13.2. The first-order chi connectivity index (χ1) is 15.6. The van der Waals surface area contributed by atoms with Gasteiger partial charge in [0.2, 0.25) is 5.91 Å². The number of aromatic nitrogens is 4. The smallest absolute Gasteiger partial charge is 0.261 e. The minimum Gasteiger partial charge on any atom is -0.467 e. The summed E-state index contributed by atoms with van der Waals surface area (Å²) in [5, 5.41) is 5.23. The Morgan fingerprint density at radius 1 is 1.16 bits per heavy atom. The number of furan rings is 1. The first kappa shape index (κ1) is 20.2. The van der Waals surface area contributed by atoms with Crippen molar-refractivity contribution in [2.24, 2.45) is 7.05 Å². The van der Waals surface area contributed by atoms with Crippen LogP contribution in [0.1, 0.15) is 35.6 Å². The molecule has 1 aliphatic rings. The predicted molar refractivity (Wildman–Crippen MR) is 119 cm³/mol. The Kier molecular flexibility index (Phi) is 5.34. The number of hydrogen-bond donors (Lipinski definition) is 0. The van der Waals surface area contributed by atoms with E-state index in [9.17, 15) is 9.59 Å². The van der Waals surface area contributed by atoms with E-state index in [1.54, 1.807) is 17.2 Å². The van der Waals surface area contributed by atoms with Crippen LogP contribution < -0.4 is 5.56 Å². The number of nitrogens with zero attached hydrogens (tertiary/aromatic N) is 5. The molecule has 8 nitrogen and oxygen atoms in total. The molecule has 4 aromatic rings. The standard InChI is InChI=1S/C24H25N5O3/c1-27-22-10-4-8-18(22)21(26-27)15-29(14-17-6-5-13-32-17)23(30)11-12-28-16-25-20-9-3-2-7-19(20)24(28)31/h2-3,5-7,9,13,16H,4,8,10-12,14-15H2,1H3. The number of rotatable bonds is 7. The van der Waals surface area contributed by atoms with Crippen molar-refractivity contribution >= 4 is 16.8 Å². The molecule has 0 saturated heterocycles. The molecule has 0 atom stereocenters. The summed E-state index contributed by atoms with van der Waals surface area (Å²) in [5.41, 5.74) is 4.00. The number of aryl methyl sites for hydroxylation is 2. The van der Waals surface area contributed by atoms with Crippen LogP contribution in [0.25, 0.3) is 10.9 Å². The first-order valence-electron chi connectivity index (χ1n) is 10.9. The summed E-state index contributed by atoms with van der Waals surface area (Å²) in [6, 6.07) is 10.9. The highest BCUT2D eigenvalue weighted by Crippen LogP contribution is 2.26. The van der Waals surface area contributed by atoms with E-state index in [-0.39, 0.29) is 24.4 Å². The average Bonchev–Trinajstić information content (AvgIpc) is 3.54. The molecule has 3 aromatic heterocycles. The Hall–Kier alpha value is -3.68. The zero-order valence-electron chi connectivity index (χ0n) is 18.0. The van der Waals surface area contributed by atoms with Crippen LogP contribution in [0, 0.1) is 0 Å². The van der Waals surface area contributed by atoms with Gasteiger partial charge in [-0.15, -0.1) is 0 Å². The highest BCUT2D eigenvalue weighted by Gasteiger charge is 2.24. The molecule has 0 unspecified atom stereocenters. The average molecular weight is 431 g/mol. The van der Waals surface area contributed by atoms with Crippen molar-refractivity contribution in [1.29, 1.82) is 0 Å². The summed E-state index contributed by atoms with van der Waals surface area (Å²) in [4.78, 5) is 32.1. The van der Waals surface area contributed by atoms with Gasteiger partial charge < -0.3 is 9.32 Å². The van der Waals surface area contributed by atoms with E-state index < -0.39 is 0 Å². The minimum atomic E-state index is -0.136. The molecule has 0 N–H and O–H groups in total. The second-order valence-electron chi connectivity index (χ2n) is 8.19. The molecule has 0 spiro atoms. The van der Waals surface area contributed by atoms with Gasteiger partial charge >= 0.3 is 0 Å². The molecule has 8 heteroatoms. The van der Waals surface area contributed by atoms with Crippen LogP contribution in [0.4, 0.5) is 0 Å². The van der Waals surface area contributed by atoms with E-state index in [0.29, 0.717) is 24.0 Å². The molecule has 0 fully saturated rings. The van der Waals surface area contributed by atoms with Gasteiger partial charge in [0.1, 0.15) is 5.76 Å². The van der Waals surface area contributed by atoms with Gasteiger partial charge in [-0.2, -0.15) is 5.10 Å². The second-order valence-corrected chi connectivity index (χ2v) is 8.19. The van der Waals surface area contributed by atoms with Crippen molar-refractivity contribution in [3.05, 3.63) is 82.1 Å². The van der Waals surface area contributed by atoms with Crippen LogP contribution >= 0.6 is 0 Å². The third-order valence-corrected chi connectivity index (χ3v) is 6.12. The molecular formula is C24H25N5O3. The number of fused-ring (bicyclic) bond motifs is 2. The minimum absolute atomic E-state index is 0.0566. The van der Waals surface area contributed by atoms with E-state index in [2.05, 4.69) is 10.1 Å². The topological polar surface area (TPSA) is 86.2 Å². The van der Waals surface area contributed by atoms with Crippen molar-refractivity contribution in [3.8, 4) is 0 Å². The van der Waals surface area contributed by atoms with Crippen LogP contribution in [-0.4, -0.2) is 30.1 Å². The summed E-state index contributed by atoms with van der Waals surface area (Å²) in [5.74, 6) is 0.661. The Morgan fingerprint density at radius 3 is 2.88 bits per heavy atom. The first-order valence-corrected chi connectivity index (χ1v) is 10.9. The highest BCUT2D eigenvalue weighted by molar-refractivity contribution is 5.77. The predicted octanol–water partition coefficient (Wildman–Crippen LogP) is 2.83. The van der Waals surface area contributed by atoms with Gasteiger partial charge in [-0.05, 0) is 49.1 Å². The van der Waals surface area contributed by atoms with Crippen molar-refractivity contribution in [2.75, 3.05) is 0 Å². The van der Waals surface area contributed by atoms with E-state index >= 15 is 0 Å². The molecule has 0 aliphatic heterocycles. The fraction of sp³-hybridized carbons (Fsp3) is 0.333. The second kappa shape index (κ2) is 8.45. The lowest BCUT2D eigenvalue weighted by molar-refractivity contribution is -0.133. The monoisotopic (exact) mass is 431 g/mol. The number of hydrogen-bond acceptors (Lipinski definition) is 5. The van der Waals surface area contributed by atoms with Crippen molar-refractivity contribution in [2.45, 2.75) is 45.3 Å². The maximum Gasteiger partial charge on any atom is 0.261 e. The lowest BCUT2D eigenvalue weighted by atomic mass is 10.2. The van der Waals surface area contributed by atoms with Gasteiger partial charge in [0.25, 0.3) is 5.56 Å². The quantitative estimate of drug-likeness (QED) is 0.449. The molecule has 0 bridgehead atoms. The van der Waals surface area contributed by atoms with Crippen LogP contribution in [0.3, 0.4) is 0 Å². The molecule has 1 aromatic carbocycles. The summed E-state index contributed by atoms with van der Waals surface area (Å²) in [6.07, 6.45) is 6.47. The maximum atomic E-state index is 13.2. The van der Waals surface area contributed by atoms with E-state index in [0.717, 1.165) is 30.7 Å². The SMILES string of the molecule is Cn1nc(CN(Cc2ccco2)C(=O)CCn2cnc3ccccc3c2=O)c2c1CCC2. The normalized spacial score (nSPS) is 12.9. The molecule has 0 radical (unpaired) electrons. The van der Waals surface area contributed by atoms with E-state index in [1.807, 2.05) is 42.1 Å². The molecule has 3 heterocycles. The van der Waals surface area contributed by atoms with Gasteiger partial charge in [0.15, 0.2) is 0 Å². The van der Waals surface area contributed by atoms with E-state index in [1.165, 1.54) is 22.2 Å². The van der Waals surface area contributed by atoms with Gasteiger partial charge in [-0.3, -0.25) is 18.8 Å². The molecule has 164 valence electrons. The summed E-state index contributed by atoms with van der Waals surface area (Å²) >= 11 is 0. The zero-order chi connectivity index (χ0) is 22.1. The Morgan fingerprint density at radius 2 is 2.03 bits per heavy atom. The zero-order valence-corrected chi connectivity index (χ0v) is 18.0. The Bertz CT molecular complexity index is 1320. The molecule has 1 amide bonds. The lowest BCUT2D eigenvalue weighted by Gasteiger charge is -2.21. The number of carbonyl (C=O) groups excluding carboxylic acids is 1. The summed E-state index contributed by atoms with van der Waals surface area (Å²) in [7, 11) is 1.96. The highest BCUT2D eigenvalue weighted by atomic mass is 16.3. The Balaban J connectivity index is 1.36. The largest absolute Gasteiger partial charge is 0.467 e. The lowest BCUT2D eigenvalue weighted by Crippen LogP contribution is -2.32. The third kappa shape index (κ3) is 3.84. The van der Waals surface area contributed by atoms with Gasteiger partial charge in [-0.25, -0.2) is 4.98 Å². The molecule has 32 heavy (non-hydrogen) atoms. The molecule has 0 saturated carbocycles. The molecule has 5 rings (SSSR count). The van der Waals surface area contributed by atoms with Crippen molar-refractivity contribution in [1.82, 2.24) is 24.2 Å². The third-order valence-electron chi connectivity index (χ3n) is 6.12. The Labute approximate surface area is 185 Å². The van der Waals surface area contributed by atoms with Crippen LogP contribution in [0.2, 0.25) is 0 Å². The number of amides is 1. The molecule has 1 aliphatic carbocycles. The summed E-state index contributed by atoms with van der Waals surface area (Å²) < 4.78 is 8.94. The summed E-state index contributed by atoms with van der Waals surface area (Å²) in [6.45, 7) is 1.06. The number of para-hydroxylation sites is 1. The van der Waals surface area contributed by atoms with E-state index in [4.69, 9.17) is 4.42 Å².